The van der Waals surface area contributed by atoms with Crippen molar-refractivity contribution in [3.8, 4) is 5.69 Å². The fourth-order valence-electron chi connectivity index (χ4n) is 3.14. The Balaban J connectivity index is 1.51. The van der Waals surface area contributed by atoms with Crippen LogP contribution in [-0.2, 0) is 6.42 Å². The Kier molecular flexibility index (Phi) is 3.82. The van der Waals surface area contributed by atoms with Crippen LogP contribution < -0.4 is 5.32 Å². The average Bonchev–Trinajstić information content (AvgIpc) is 3.23. The lowest BCUT2D eigenvalue weighted by Gasteiger charge is -2.13. The lowest BCUT2D eigenvalue weighted by Crippen LogP contribution is -2.26. The van der Waals surface area contributed by atoms with Crippen LogP contribution in [0.1, 0.15) is 33.9 Å². The van der Waals surface area contributed by atoms with E-state index in [0.29, 0.717) is 5.56 Å². The number of para-hydroxylation sites is 1. The minimum absolute atomic E-state index is 0.0323. The van der Waals surface area contributed by atoms with Gasteiger partial charge in [0.1, 0.15) is 0 Å². The number of nitrogens with zero attached hydrogens (tertiary/aromatic N) is 2. The van der Waals surface area contributed by atoms with Gasteiger partial charge in [-0.3, -0.25) is 4.79 Å². The summed E-state index contributed by atoms with van der Waals surface area (Å²) in [6.07, 6.45) is 5.18. The summed E-state index contributed by atoms with van der Waals surface area (Å²) in [5.41, 5.74) is 3.86. The number of aromatic nitrogens is 2. The highest BCUT2D eigenvalue weighted by atomic mass is 35.5. The summed E-state index contributed by atoms with van der Waals surface area (Å²) in [7, 11) is 0. The Morgan fingerprint density at radius 2 is 2.04 bits per heavy atom. The van der Waals surface area contributed by atoms with E-state index in [-0.39, 0.29) is 11.9 Å². The molecule has 24 heavy (non-hydrogen) atoms. The second-order valence-corrected chi connectivity index (χ2v) is 6.35. The molecule has 3 aromatic rings. The topological polar surface area (TPSA) is 46.9 Å². The van der Waals surface area contributed by atoms with Gasteiger partial charge < -0.3 is 5.32 Å². The van der Waals surface area contributed by atoms with Crippen LogP contribution in [0.2, 0.25) is 5.02 Å². The molecular weight excluding hydrogens is 322 g/mol. The van der Waals surface area contributed by atoms with Crippen molar-refractivity contribution in [3.63, 3.8) is 0 Å². The van der Waals surface area contributed by atoms with Gasteiger partial charge >= 0.3 is 0 Å². The van der Waals surface area contributed by atoms with Crippen molar-refractivity contribution in [2.45, 2.75) is 18.9 Å². The standard InChI is InChI=1S/C19H16ClN3O/c20-15-7-8-17-13(10-15)6-9-18(17)22-19(24)14-11-21-23(12-14)16-4-2-1-3-5-16/h1-5,7-8,10-12,18H,6,9H2,(H,22,24). The van der Waals surface area contributed by atoms with Gasteiger partial charge in [-0.15, -0.1) is 0 Å². The highest BCUT2D eigenvalue weighted by Gasteiger charge is 2.24. The summed E-state index contributed by atoms with van der Waals surface area (Å²) in [6.45, 7) is 0. The smallest absolute Gasteiger partial charge is 0.254 e. The van der Waals surface area contributed by atoms with E-state index in [4.69, 9.17) is 11.6 Å². The van der Waals surface area contributed by atoms with Crippen LogP contribution in [0.4, 0.5) is 0 Å². The Morgan fingerprint density at radius 1 is 1.21 bits per heavy atom. The van der Waals surface area contributed by atoms with Crippen LogP contribution in [0.25, 0.3) is 5.69 Å². The second-order valence-electron chi connectivity index (χ2n) is 5.92. The van der Waals surface area contributed by atoms with E-state index in [0.717, 1.165) is 29.1 Å². The number of rotatable bonds is 3. The SMILES string of the molecule is O=C(NC1CCc2cc(Cl)ccc21)c1cnn(-c2ccccc2)c1. The number of carbonyl (C=O) groups excluding carboxylic acids is 1. The minimum atomic E-state index is -0.106. The number of halogens is 1. The molecule has 0 aliphatic heterocycles. The van der Waals surface area contributed by atoms with Crippen molar-refractivity contribution in [2.24, 2.45) is 0 Å². The highest BCUT2D eigenvalue weighted by molar-refractivity contribution is 6.30. The average molecular weight is 338 g/mol. The number of hydrogen-bond donors (Lipinski definition) is 1. The van der Waals surface area contributed by atoms with Crippen molar-refractivity contribution in [2.75, 3.05) is 0 Å². The molecule has 1 aliphatic rings. The van der Waals surface area contributed by atoms with Gasteiger partial charge in [0, 0.05) is 11.2 Å². The van der Waals surface area contributed by atoms with E-state index in [1.54, 1.807) is 17.1 Å². The molecule has 0 radical (unpaired) electrons. The molecule has 4 rings (SSSR count). The maximum absolute atomic E-state index is 12.5. The molecule has 0 saturated carbocycles. The third-order valence-corrected chi connectivity index (χ3v) is 4.59. The number of benzene rings is 2. The van der Waals surface area contributed by atoms with E-state index in [2.05, 4.69) is 10.4 Å². The third-order valence-electron chi connectivity index (χ3n) is 4.35. The molecule has 1 atom stereocenters. The van der Waals surface area contributed by atoms with Crippen LogP contribution >= 0.6 is 11.6 Å². The fourth-order valence-corrected chi connectivity index (χ4v) is 3.33. The molecule has 4 nitrogen and oxygen atoms in total. The summed E-state index contributed by atoms with van der Waals surface area (Å²) >= 11 is 6.04. The molecule has 120 valence electrons. The predicted octanol–water partition coefficient (Wildman–Crippen LogP) is 3.94. The zero-order valence-corrected chi connectivity index (χ0v) is 13.7. The number of fused-ring (bicyclic) bond motifs is 1. The summed E-state index contributed by atoms with van der Waals surface area (Å²) < 4.78 is 1.71. The largest absolute Gasteiger partial charge is 0.345 e. The minimum Gasteiger partial charge on any atom is -0.345 e. The summed E-state index contributed by atoms with van der Waals surface area (Å²) in [6, 6.07) is 15.6. The predicted molar refractivity (Wildman–Crippen MR) is 93.5 cm³/mol. The van der Waals surface area contributed by atoms with Crippen LogP contribution in [0.3, 0.4) is 0 Å². The van der Waals surface area contributed by atoms with Gasteiger partial charge in [-0.25, -0.2) is 4.68 Å². The quantitative estimate of drug-likeness (QED) is 0.786. The number of aryl methyl sites for hydroxylation is 1. The maximum Gasteiger partial charge on any atom is 0.254 e. The van der Waals surface area contributed by atoms with E-state index in [1.807, 2.05) is 48.5 Å². The van der Waals surface area contributed by atoms with Gasteiger partial charge in [0.15, 0.2) is 0 Å². The molecule has 1 N–H and O–H groups in total. The van der Waals surface area contributed by atoms with E-state index < -0.39 is 0 Å². The van der Waals surface area contributed by atoms with Gasteiger partial charge in [-0.1, -0.05) is 35.9 Å². The molecule has 1 aliphatic carbocycles. The normalized spacial score (nSPS) is 16.0. The molecule has 1 amide bonds. The monoisotopic (exact) mass is 337 g/mol. The molecule has 0 bridgehead atoms. The second kappa shape index (κ2) is 6.13. The Bertz CT molecular complexity index is 889. The van der Waals surface area contributed by atoms with Crippen LogP contribution in [0.15, 0.2) is 60.9 Å². The van der Waals surface area contributed by atoms with Gasteiger partial charge in [-0.2, -0.15) is 5.10 Å². The first kappa shape index (κ1) is 15.0. The maximum atomic E-state index is 12.5. The molecule has 2 aromatic carbocycles. The summed E-state index contributed by atoms with van der Waals surface area (Å²) in [5, 5.41) is 8.12. The van der Waals surface area contributed by atoms with Crippen molar-refractivity contribution >= 4 is 17.5 Å². The van der Waals surface area contributed by atoms with E-state index in [1.165, 1.54) is 5.56 Å². The molecule has 0 spiro atoms. The molecule has 0 saturated heterocycles. The van der Waals surface area contributed by atoms with Gasteiger partial charge in [0.25, 0.3) is 5.91 Å². The zero-order valence-electron chi connectivity index (χ0n) is 12.9. The Hall–Kier alpha value is -2.59. The summed E-state index contributed by atoms with van der Waals surface area (Å²) in [5.74, 6) is -0.106. The van der Waals surface area contributed by atoms with E-state index >= 15 is 0 Å². The number of carbonyl (C=O) groups is 1. The first-order valence-corrected chi connectivity index (χ1v) is 8.28. The molecule has 0 fully saturated rings. The highest BCUT2D eigenvalue weighted by Crippen LogP contribution is 2.33. The van der Waals surface area contributed by atoms with Crippen LogP contribution in [0.5, 0.6) is 0 Å². The molecule has 5 heteroatoms. The van der Waals surface area contributed by atoms with Crippen LogP contribution in [0, 0.1) is 0 Å². The first-order chi connectivity index (χ1) is 11.7. The van der Waals surface area contributed by atoms with Crippen LogP contribution in [-0.4, -0.2) is 15.7 Å². The summed E-state index contributed by atoms with van der Waals surface area (Å²) in [4.78, 5) is 12.5. The molecular formula is C19H16ClN3O. The van der Waals surface area contributed by atoms with Gasteiger partial charge in [-0.05, 0) is 48.2 Å². The van der Waals surface area contributed by atoms with Crippen molar-refractivity contribution in [1.29, 1.82) is 0 Å². The molecule has 1 heterocycles. The fraction of sp³-hybridized carbons (Fsp3) is 0.158. The Morgan fingerprint density at radius 3 is 2.88 bits per heavy atom. The van der Waals surface area contributed by atoms with Crippen molar-refractivity contribution in [1.82, 2.24) is 15.1 Å². The first-order valence-electron chi connectivity index (χ1n) is 7.90. The van der Waals surface area contributed by atoms with Crippen molar-refractivity contribution < 1.29 is 4.79 Å². The van der Waals surface area contributed by atoms with Gasteiger partial charge in [0.2, 0.25) is 0 Å². The molecule has 1 aromatic heterocycles. The lowest BCUT2D eigenvalue weighted by molar-refractivity contribution is 0.0936. The third kappa shape index (κ3) is 2.81. The van der Waals surface area contributed by atoms with Crippen molar-refractivity contribution in [3.05, 3.63) is 82.6 Å². The molecule has 1 unspecified atom stereocenters. The number of nitrogens with one attached hydrogen (secondary N) is 1. The van der Waals surface area contributed by atoms with E-state index in [9.17, 15) is 4.79 Å². The Labute approximate surface area is 145 Å². The number of hydrogen-bond acceptors (Lipinski definition) is 2. The lowest BCUT2D eigenvalue weighted by atomic mass is 10.1. The zero-order chi connectivity index (χ0) is 16.5. The number of amides is 1. The van der Waals surface area contributed by atoms with Gasteiger partial charge in [0.05, 0.1) is 23.5 Å².